The lowest BCUT2D eigenvalue weighted by atomic mass is 9.97. The molecule has 3 heteroatoms. The lowest BCUT2D eigenvalue weighted by molar-refractivity contribution is 0.362. The monoisotopic (exact) mass is 173 g/mol. The van der Waals surface area contributed by atoms with Gasteiger partial charge >= 0.3 is 0 Å². The molecule has 0 saturated carbocycles. The van der Waals surface area contributed by atoms with Crippen molar-refractivity contribution in [3.63, 3.8) is 0 Å². The molecule has 0 aliphatic rings. The molecule has 0 aromatic heterocycles. The molecule has 0 fully saturated rings. The molecule has 3 nitrogen and oxygen atoms in total. The van der Waals surface area contributed by atoms with Gasteiger partial charge in [0.1, 0.15) is 0 Å². The van der Waals surface area contributed by atoms with E-state index in [2.05, 4.69) is 24.6 Å². The number of nitrogens with two attached hydrogens (primary N) is 1. The lowest BCUT2D eigenvalue weighted by Gasteiger charge is -2.18. The van der Waals surface area contributed by atoms with Gasteiger partial charge in [-0.2, -0.15) is 0 Å². The van der Waals surface area contributed by atoms with E-state index in [1.165, 1.54) is 19.3 Å². The Bertz CT molecular complexity index is 75.8. The van der Waals surface area contributed by atoms with Crippen LogP contribution in [0.15, 0.2) is 0 Å². The summed E-state index contributed by atoms with van der Waals surface area (Å²) in [5, 5.41) is 3.12. The van der Waals surface area contributed by atoms with Crippen LogP contribution in [0.5, 0.6) is 0 Å². The molecule has 74 valence electrons. The van der Waals surface area contributed by atoms with Gasteiger partial charge in [0.15, 0.2) is 0 Å². The maximum Gasteiger partial charge on any atom is 0.0699 e. The summed E-state index contributed by atoms with van der Waals surface area (Å²) in [5.74, 6) is 6.20. The molecule has 0 heterocycles. The summed E-state index contributed by atoms with van der Waals surface area (Å²) in [7, 11) is 1.93. The van der Waals surface area contributed by atoms with Crippen LogP contribution in [-0.4, -0.2) is 13.2 Å². The van der Waals surface area contributed by atoms with Gasteiger partial charge in [-0.3, -0.25) is 5.84 Å². The molecule has 4 N–H and O–H groups in total. The van der Waals surface area contributed by atoms with Crippen LogP contribution in [0.4, 0.5) is 0 Å². The zero-order valence-corrected chi connectivity index (χ0v) is 8.56. The number of hydrazine groups is 1. The summed E-state index contributed by atoms with van der Waals surface area (Å²) in [6.45, 7) is 4.50. The maximum atomic E-state index is 5.34. The van der Waals surface area contributed by atoms with Crippen LogP contribution in [-0.2, 0) is 0 Å². The van der Waals surface area contributed by atoms with Gasteiger partial charge in [0, 0.05) is 0 Å². The molecule has 0 spiro atoms. The number of nitrogens with one attached hydrogen (secondary N) is 2. The Labute approximate surface area is 76.1 Å². The highest BCUT2D eigenvalue weighted by Gasteiger charge is 2.07. The third-order valence-corrected chi connectivity index (χ3v) is 2.57. The molecule has 0 radical (unpaired) electrons. The van der Waals surface area contributed by atoms with Crippen molar-refractivity contribution in [2.24, 2.45) is 11.8 Å². The molecule has 0 unspecified atom stereocenters. The number of rotatable bonds is 7. The van der Waals surface area contributed by atoms with Gasteiger partial charge in [0.25, 0.3) is 0 Å². The van der Waals surface area contributed by atoms with Gasteiger partial charge in [-0.15, -0.1) is 0 Å². The zero-order valence-electron chi connectivity index (χ0n) is 8.56. The molecule has 1 atom stereocenters. The second-order valence-corrected chi connectivity index (χ2v) is 3.27. The number of hydrogen-bond donors (Lipinski definition) is 3. The predicted octanol–water partition coefficient (Wildman–Crippen LogP) is 1.21. The highest BCUT2D eigenvalue weighted by atomic mass is 15.3. The molecule has 0 aromatic carbocycles. The minimum atomic E-state index is 0.269. The SMILES string of the molecule is CCC(CC)CC[C@H](NC)NN. The van der Waals surface area contributed by atoms with Crippen LogP contribution < -0.4 is 16.6 Å². The van der Waals surface area contributed by atoms with Crippen LogP contribution in [0, 0.1) is 5.92 Å². The summed E-state index contributed by atoms with van der Waals surface area (Å²) in [4.78, 5) is 0. The first-order chi connectivity index (χ1) is 5.78. The van der Waals surface area contributed by atoms with Crippen LogP contribution in [0.2, 0.25) is 0 Å². The van der Waals surface area contributed by atoms with Crippen LogP contribution >= 0.6 is 0 Å². The Morgan fingerprint density at radius 2 is 1.75 bits per heavy atom. The molecule has 0 saturated heterocycles. The second kappa shape index (κ2) is 7.53. The van der Waals surface area contributed by atoms with Gasteiger partial charge in [0.05, 0.1) is 6.17 Å². The van der Waals surface area contributed by atoms with Crippen molar-refractivity contribution in [2.75, 3.05) is 7.05 Å². The Hall–Kier alpha value is -0.120. The largest absolute Gasteiger partial charge is 0.304 e. The van der Waals surface area contributed by atoms with E-state index < -0.39 is 0 Å². The third kappa shape index (κ3) is 4.70. The maximum absolute atomic E-state index is 5.34. The highest BCUT2D eigenvalue weighted by Crippen LogP contribution is 2.14. The number of hydrogen-bond acceptors (Lipinski definition) is 3. The van der Waals surface area contributed by atoms with E-state index in [1.54, 1.807) is 0 Å². The van der Waals surface area contributed by atoms with Crippen LogP contribution in [0.3, 0.4) is 0 Å². The Morgan fingerprint density at radius 1 is 1.17 bits per heavy atom. The molecular weight excluding hydrogens is 150 g/mol. The van der Waals surface area contributed by atoms with E-state index in [-0.39, 0.29) is 6.17 Å². The van der Waals surface area contributed by atoms with Gasteiger partial charge in [0.2, 0.25) is 0 Å². The molecule has 0 aliphatic carbocycles. The van der Waals surface area contributed by atoms with Crippen molar-refractivity contribution in [3.05, 3.63) is 0 Å². The van der Waals surface area contributed by atoms with E-state index in [9.17, 15) is 0 Å². The van der Waals surface area contributed by atoms with Gasteiger partial charge in [-0.1, -0.05) is 26.7 Å². The van der Waals surface area contributed by atoms with Crippen molar-refractivity contribution >= 4 is 0 Å². The first-order valence-electron chi connectivity index (χ1n) is 4.91. The minimum Gasteiger partial charge on any atom is -0.304 e. The molecule has 0 bridgehead atoms. The summed E-state index contributed by atoms with van der Waals surface area (Å²) in [6.07, 6.45) is 5.18. The average molecular weight is 173 g/mol. The van der Waals surface area contributed by atoms with Crippen molar-refractivity contribution in [2.45, 2.75) is 45.7 Å². The predicted molar refractivity (Wildman–Crippen MR) is 53.5 cm³/mol. The summed E-state index contributed by atoms with van der Waals surface area (Å²) < 4.78 is 0. The first kappa shape index (κ1) is 11.9. The van der Waals surface area contributed by atoms with Crippen molar-refractivity contribution < 1.29 is 0 Å². The molecule has 0 rings (SSSR count). The second-order valence-electron chi connectivity index (χ2n) is 3.27. The van der Waals surface area contributed by atoms with Crippen LogP contribution in [0.1, 0.15) is 39.5 Å². The quantitative estimate of drug-likeness (QED) is 0.308. The van der Waals surface area contributed by atoms with Crippen molar-refractivity contribution in [1.82, 2.24) is 10.7 Å². The fourth-order valence-electron chi connectivity index (χ4n) is 1.41. The summed E-state index contributed by atoms with van der Waals surface area (Å²) >= 11 is 0. The highest BCUT2D eigenvalue weighted by molar-refractivity contribution is 4.62. The molecule has 12 heavy (non-hydrogen) atoms. The van der Waals surface area contributed by atoms with Gasteiger partial charge in [-0.25, -0.2) is 5.43 Å². The van der Waals surface area contributed by atoms with E-state index in [0.29, 0.717) is 0 Å². The summed E-state index contributed by atoms with van der Waals surface area (Å²) in [5.41, 5.74) is 2.74. The fourth-order valence-corrected chi connectivity index (χ4v) is 1.41. The fraction of sp³-hybridized carbons (Fsp3) is 1.00. The lowest BCUT2D eigenvalue weighted by Crippen LogP contribution is -2.44. The van der Waals surface area contributed by atoms with E-state index in [4.69, 9.17) is 5.84 Å². The van der Waals surface area contributed by atoms with E-state index in [0.717, 1.165) is 12.3 Å². The summed E-state index contributed by atoms with van der Waals surface area (Å²) in [6, 6.07) is 0. The Kier molecular flexibility index (Phi) is 7.45. The molecule has 0 amide bonds. The van der Waals surface area contributed by atoms with Crippen molar-refractivity contribution in [3.8, 4) is 0 Å². The van der Waals surface area contributed by atoms with Gasteiger partial charge in [-0.05, 0) is 25.8 Å². The van der Waals surface area contributed by atoms with E-state index >= 15 is 0 Å². The zero-order chi connectivity index (χ0) is 9.40. The molecule has 0 aromatic rings. The topological polar surface area (TPSA) is 50.1 Å². The van der Waals surface area contributed by atoms with Crippen molar-refractivity contribution in [1.29, 1.82) is 0 Å². The van der Waals surface area contributed by atoms with Crippen LogP contribution in [0.25, 0.3) is 0 Å². The average Bonchev–Trinajstić information content (AvgIpc) is 2.13. The third-order valence-electron chi connectivity index (χ3n) is 2.57. The Balaban J connectivity index is 3.49. The molecular formula is C9H23N3. The molecule has 0 aliphatic heterocycles. The van der Waals surface area contributed by atoms with E-state index in [1.807, 2.05) is 7.05 Å². The first-order valence-corrected chi connectivity index (χ1v) is 4.91. The Morgan fingerprint density at radius 3 is 2.08 bits per heavy atom. The standard InChI is InChI=1S/C9H23N3/c1-4-8(5-2)6-7-9(11-3)12-10/h8-9,11-12H,4-7,10H2,1-3H3/t9-/m1/s1. The normalized spacial score (nSPS) is 13.8. The minimum absolute atomic E-state index is 0.269. The smallest absolute Gasteiger partial charge is 0.0699 e. The van der Waals surface area contributed by atoms with Gasteiger partial charge < -0.3 is 5.32 Å².